The maximum absolute atomic E-state index is 12.7. The van der Waals surface area contributed by atoms with Crippen LogP contribution in [-0.4, -0.2) is 123 Å². The van der Waals surface area contributed by atoms with E-state index in [0.29, 0.717) is 31.1 Å². The van der Waals surface area contributed by atoms with Crippen molar-refractivity contribution < 1.29 is 73.7 Å². The van der Waals surface area contributed by atoms with Crippen molar-refractivity contribution in [1.29, 1.82) is 0 Å². The predicted octanol–water partition coefficient (Wildman–Crippen LogP) is 1.98. The van der Waals surface area contributed by atoms with Crippen LogP contribution in [-0.2, 0) is 43.0 Å². The first-order valence-electron chi connectivity index (χ1n) is 22.5. The molecule has 2 heterocycles. The van der Waals surface area contributed by atoms with Gasteiger partial charge in [0.25, 0.3) is 0 Å². The van der Waals surface area contributed by atoms with Gasteiger partial charge < -0.3 is 44.9 Å². The Kier molecular flexibility index (Phi) is 11.3. The molecule has 0 aromatic rings. The Morgan fingerprint density at radius 3 is 1.81 bits per heavy atom. The molecule has 0 aromatic heterocycles. The van der Waals surface area contributed by atoms with Gasteiger partial charge in [-0.3, -0.25) is 28.8 Å². The zero-order valence-corrected chi connectivity index (χ0v) is 38.8. The van der Waals surface area contributed by atoms with Gasteiger partial charge in [-0.05, 0) is 113 Å². The van der Waals surface area contributed by atoms with E-state index in [4.69, 9.17) is 9.47 Å². The fourth-order valence-electron chi connectivity index (χ4n) is 16.3. The van der Waals surface area contributed by atoms with Gasteiger partial charge >= 0.3 is 61.6 Å². The number of ether oxygens (including phenoxy) is 2. The van der Waals surface area contributed by atoms with E-state index in [9.17, 15) is 64.2 Å². The summed E-state index contributed by atoms with van der Waals surface area (Å²) in [5.74, 6) is -8.26. The number of carboxylic acids is 3. The maximum atomic E-state index is 12.7. The van der Waals surface area contributed by atoms with Gasteiger partial charge in [-0.2, -0.15) is 0 Å². The van der Waals surface area contributed by atoms with Crippen molar-refractivity contribution in [1.82, 2.24) is 0 Å². The number of carbonyl (C=O) groups is 7. The van der Waals surface area contributed by atoms with Crippen LogP contribution in [0, 0.1) is 74.9 Å². The molecule has 8 saturated carbocycles. The van der Waals surface area contributed by atoms with Gasteiger partial charge in [0.05, 0.1) is 29.5 Å². The Labute approximate surface area is 400 Å². The second-order valence-corrected chi connectivity index (χ2v) is 21.2. The third-order valence-electron chi connectivity index (χ3n) is 18.8. The molecule has 2 spiro atoms. The summed E-state index contributed by atoms with van der Waals surface area (Å²) >= 11 is 0. The van der Waals surface area contributed by atoms with E-state index in [-0.39, 0.29) is 79.8 Å². The average Bonchev–Trinajstić information content (AvgIpc) is 3.90. The van der Waals surface area contributed by atoms with Crippen LogP contribution in [0.5, 0.6) is 0 Å². The summed E-state index contributed by atoms with van der Waals surface area (Å²) in [7, 11) is 0. The van der Waals surface area contributed by atoms with E-state index in [1.165, 1.54) is 5.57 Å². The predicted molar refractivity (Wildman–Crippen MR) is 218 cm³/mol. The molecular weight excluding hydrogens is 857 g/mol. The van der Waals surface area contributed by atoms with Crippen molar-refractivity contribution >= 4 is 79.2 Å². The molecule has 11 rings (SSSR count). The number of hydrogen-bond donors (Lipinski definition) is 4. The van der Waals surface area contributed by atoms with Crippen molar-refractivity contribution in [2.45, 2.75) is 128 Å². The number of ketones is 2. The number of carbonyl (C=O) groups excluding carboxylic acids is 5. The largest absolute Gasteiger partial charge is 2.00 e. The van der Waals surface area contributed by atoms with E-state index >= 15 is 0 Å². The smallest absolute Gasteiger partial charge is 0.875 e. The quantitative estimate of drug-likeness (QED) is 0.0785. The van der Waals surface area contributed by atoms with E-state index in [0.717, 1.165) is 50.5 Å². The number of aliphatic carboxylic acids is 3. The van der Waals surface area contributed by atoms with Crippen LogP contribution >= 0.6 is 0 Å². The minimum Gasteiger partial charge on any atom is -0.875 e. The van der Waals surface area contributed by atoms with E-state index in [1.807, 2.05) is 6.08 Å². The van der Waals surface area contributed by atoms with Crippen molar-refractivity contribution in [3.63, 3.8) is 0 Å². The van der Waals surface area contributed by atoms with Crippen LogP contribution < -0.4 is 10.2 Å². The first kappa shape index (κ1) is 47.1. The molecule has 10 fully saturated rings. The Hall–Kier alpha value is -3.37. The molecular formula is C48H56CaO15. The molecule has 4 N–H and O–H groups in total. The van der Waals surface area contributed by atoms with Crippen LogP contribution in [0.25, 0.3) is 0 Å². The minimum absolute atomic E-state index is 0. The summed E-state index contributed by atoms with van der Waals surface area (Å²) in [5, 5.41) is 63.1. The molecule has 0 aromatic carbocycles. The van der Waals surface area contributed by atoms with Crippen LogP contribution in [0.3, 0.4) is 0 Å². The molecule has 0 radical (unpaired) electrons. The summed E-state index contributed by atoms with van der Waals surface area (Å²) in [6.07, 6.45) is 9.09. The molecule has 9 aliphatic carbocycles. The number of aliphatic hydroxyl groups is 2. The number of carboxylic acid groups (broad SMARTS) is 3. The third kappa shape index (κ3) is 5.84. The molecule has 340 valence electrons. The van der Waals surface area contributed by atoms with Crippen molar-refractivity contribution in [3.05, 3.63) is 47.8 Å². The van der Waals surface area contributed by atoms with Gasteiger partial charge in [-0.15, -0.1) is 5.76 Å². The number of Topliss-reactive ketones (excluding diaryl/α,β-unsaturated/α-hetero) is 2. The summed E-state index contributed by atoms with van der Waals surface area (Å²) in [6.45, 7) is 13.4. The minimum atomic E-state index is -1.42. The molecule has 0 unspecified atom stereocenters. The Morgan fingerprint density at radius 2 is 1.28 bits per heavy atom. The monoisotopic (exact) mass is 912 g/mol. The number of rotatable bonds is 4. The molecule has 8 bridgehead atoms. The summed E-state index contributed by atoms with van der Waals surface area (Å²) < 4.78 is 11.9. The molecule has 2 saturated heterocycles. The van der Waals surface area contributed by atoms with E-state index < -0.39 is 116 Å². The SMILES string of the molecule is C=C1C[C@]23C[C@H]1CC[C@H]2[C@@]12C=C[C@H](O)[C@@](C)(C(=O)O1)[C@H]2[C@@H]3C(=O)O.C=C1C[C@]23C[C@H]1CC[C@H]2[C@@]12CC[C@H](O)[C@@](C)(C(=O)O1)[C@H]2[C@@H]3C(=O)O.CCC([O-])=C1C(=O)CC(C(=O)[O-])CC1=O.[Ca+2]. The summed E-state index contributed by atoms with van der Waals surface area (Å²) in [5.41, 5.74) is -2.60. The second kappa shape index (κ2) is 15.3. The number of allylic oxidation sites excluding steroid dienone is 4. The average molecular weight is 913 g/mol. The number of hydrogen-bond acceptors (Lipinski definition) is 13. The Bertz CT molecular complexity index is 2230. The van der Waals surface area contributed by atoms with Gasteiger partial charge in [-0.25, -0.2) is 0 Å². The van der Waals surface area contributed by atoms with Gasteiger partial charge in [-0.1, -0.05) is 37.3 Å². The van der Waals surface area contributed by atoms with Crippen molar-refractivity contribution in [2.24, 2.45) is 74.9 Å². The first-order valence-corrected chi connectivity index (χ1v) is 22.5. The van der Waals surface area contributed by atoms with E-state index in [2.05, 4.69) is 13.2 Å². The van der Waals surface area contributed by atoms with Gasteiger partial charge in [0.15, 0.2) is 11.6 Å². The number of fused-ring (bicyclic) bond motifs is 2. The van der Waals surface area contributed by atoms with Gasteiger partial charge in [0, 0.05) is 54.0 Å². The Balaban J connectivity index is 0.000000135. The molecule has 16 heteroatoms. The molecule has 16 atom stereocenters. The van der Waals surface area contributed by atoms with Crippen molar-refractivity contribution in [3.8, 4) is 0 Å². The number of aliphatic hydroxyl groups excluding tert-OH is 2. The Morgan fingerprint density at radius 1 is 0.766 bits per heavy atom. The fraction of sp³-hybridized carbons (Fsp3) is 0.688. The third-order valence-corrected chi connectivity index (χ3v) is 18.8. The van der Waals surface area contributed by atoms with E-state index in [1.54, 1.807) is 26.8 Å². The second-order valence-electron chi connectivity index (χ2n) is 21.2. The molecule has 15 nitrogen and oxygen atoms in total. The van der Waals surface area contributed by atoms with Crippen LogP contribution in [0.15, 0.2) is 47.8 Å². The van der Waals surface area contributed by atoms with Gasteiger partial charge in [0.1, 0.15) is 16.6 Å². The molecule has 11 aliphatic rings. The van der Waals surface area contributed by atoms with Crippen LogP contribution in [0.2, 0.25) is 0 Å². The zero-order chi connectivity index (χ0) is 45.7. The number of esters is 2. The van der Waals surface area contributed by atoms with Crippen molar-refractivity contribution in [2.75, 3.05) is 0 Å². The molecule has 0 amide bonds. The molecule has 2 aliphatic heterocycles. The molecule has 64 heavy (non-hydrogen) atoms. The summed E-state index contributed by atoms with van der Waals surface area (Å²) in [6, 6.07) is 0. The van der Waals surface area contributed by atoms with Crippen LogP contribution in [0.4, 0.5) is 0 Å². The zero-order valence-electron chi connectivity index (χ0n) is 36.6. The van der Waals surface area contributed by atoms with Crippen LogP contribution in [0.1, 0.15) is 104 Å². The standard InChI is InChI=1S/C19H24O5.C19H22O5.C10H12O5.Ca/c2*1-9-7-18-8-10(9)3-4-11(18)19-6-5-12(20)17(2,16(23)24-19)14(19)13(18)15(21)22;1-2-6(11)9-7(12)3-5(10(14)15)4-8(9)13;/h10-14,20H,1,3-8H2,2H3,(H,21,22);5-6,10-14,20H,1,3-4,7-8H2,2H3,(H,21,22);5,11H,2-4H2,1H3,(H,14,15);/q;;;+2/p-2/t2*10-,11-,12+,13-,14-,17-,18+,19-;;/m11../s1. The van der Waals surface area contributed by atoms with Gasteiger partial charge in [0.2, 0.25) is 0 Å². The summed E-state index contributed by atoms with van der Waals surface area (Å²) in [4.78, 5) is 83.3. The topological polar surface area (TPSA) is 265 Å². The maximum Gasteiger partial charge on any atom is 2.00 e. The first-order chi connectivity index (χ1) is 29.5. The normalized spacial score (nSPS) is 48.0. The fourth-order valence-corrected chi connectivity index (χ4v) is 16.3.